The van der Waals surface area contributed by atoms with E-state index in [1.807, 2.05) is 25.1 Å². The number of nitrogens with one attached hydrogen (secondary N) is 1. The van der Waals surface area contributed by atoms with E-state index in [-0.39, 0.29) is 11.3 Å². The van der Waals surface area contributed by atoms with Gasteiger partial charge in [-0.05, 0) is 42.5 Å². The summed E-state index contributed by atoms with van der Waals surface area (Å²) in [5, 5.41) is 2.99. The molecule has 0 aliphatic heterocycles. The second-order valence-electron chi connectivity index (χ2n) is 5.74. The summed E-state index contributed by atoms with van der Waals surface area (Å²) in [5.41, 5.74) is 8.07. The lowest BCUT2D eigenvalue weighted by molar-refractivity contribution is 0.0935. The standard InChI is InChI=1S/C17H24N2O/c1-5-17(3,4)12-19-16(20)15-9-8-14(7-6-10-18)13(2)11-15/h8-9,11H,5,10,12,18H2,1-4H3,(H,19,20). The molecule has 0 unspecified atom stereocenters. The van der Waals surface area contributed by atoms with Crippen LogP contribution in [-0.4, -0.2) is 19.0 Å². The maximum atomic E-state index is 12.1. The van der Waals surface area contributed by atoms with Crippen molar-refractivity contribution in [3.05, 3.63) is 34.9 Å². The monoisotopic (exact) mass is 272 g/mol. The van der Waals surface area contributed by atoms with E-state index in [0.717, 1.165) is 17.5 Å². The van der Waals surface area contributed by atoms with Gasteiger partial charge in [0.15, 0.2) is 0 Å². The highest BCUT2D eigenvalue weighted by molar-refractivity contribution is 5.94. The summed E-state index contributed by atoms with van der Waals surface area (Å²) in [6.07, 6.45) is 1.03. The highest BCUT2D eigenvalue weighted by Crippen LogP contribution is 2.18. The molecular formula is C17H24N2O. The summed E-state index contributed by atoms with van der Waals surface area (Å²) in [6.45, 7) is 9.38. The Labute approximate surface area is 121 Å². The second-order valence-corrected chi connectivity index (χ2v) is 5.74. The smallest absolute Gasteiger partial charge is 0.251 e. The molecule has 0 aromatic heterocycles. The van der Waals surface area contributed by atoms with Gasteiger partial charge in [0, 0.05) is 17.7 Å². The second kappa shape index (κ2) is 7.12. The van der Waals surface area contributed by atoms with Crippen LogP contribution in [-0.2, 0) is 0 Å². The number of carbonyl (C=O) groups is 1. The average molecular weight is 272 g/mol. The molecule has 108 valence electrons. The van der Waals surface area contributed by atoms with Gasteiger partial charge in [-0.1, -0.05) is 32.6 Å². The Kier molecular flexibility index (Phi) is 5.79. The highest BCUT2D eigenvalue weighted by Gasteiger charge is 2.16. The van der Waals surface area contributed by atoms with Crippen molar-refractivity contribution in [1.82, 2.24) is 5.32 Å². The van der Waals surface area contributed by atoms with E-state index in [1.54, 1.807) is 0 Å². The van der Waals surface area contributed by atoms with Crippen LogP contribution in [0.2, 0.25) is 0 Å². The third-order valence-electron chi connectivity index (χ3n) is 3.50. The molecular weight excluding hydrogens is 248 g/mol. The van der Waals surface area contributed by atoms with Gasteiger partial charge < -0.3 is 11.1 Å². The molecule has 1 amide bonds. The number of amides is 1. The van der Waals surface area contributed by atoms with Crippen LogP contribution in [0, 0.1) is 24.2 Å². The molecule has 3 N–H and O–H groups in total. The molecule has 0 heterocycles. The zero-order valence-electron chi connectivity index (χ0n) is 12.8. The summed E-state index contributed by atoms with van der Waals surface area (Å²) in [4.78, 5) is 12.1. The molecule has 0 saturated heterocycles. The van der Waals surface area contributed by atoms with Gasteiger partial charge in [-0.2, -0.15) is 0 Å². The van der Waals surface area contributed by atoms with E-state index in [1.165, 1.54) is 0 Å². The fraction of sp³-hybridized carbons (Fsp3) is 0.471. The van der Waals surface area contributed by atoms with E-state index in [2.05, 4.69) is 37.9 Å². The number of nitrogens with two attached hydrogens (primary N) is 1. The van der Waals surface area contributed by atoms with Crippen molar-refractivity contribution < 1.29 is 4.79 Å². The normalized spacial score (nSPS) is 10.7. The van der Waals surface area contributed by atoms with Crippen LogP contribution in [0.1, 0.15) is 48.7 Å². The zero-order chi connectivity index (χ0) is 15.2. The first-order valence-corrected chi connectivity index (χ1v) is 6.97. The largest absolute Gasteiger partial charge is 0.352 e. The lowest BCUT2D eigenvalue weighted by Crippen LogP contribution is -2.33. The lowest BCUT2D eigenvalue weighted by atomic mass is 9.90. The Morgan fingerprint density at radius 1 is 1.40 bits per heavy atom. The minimum atomic E-state index is -0.0343. The number of hydrogen-bond donors (Lipinski definition) is 2. The summed E-state index contributed by atoms with van der Waals surface area (Å²) >= 11 is 0. The van der Waals surface area contributed by atoms with Crippen LogP contribution >= 0.6 is 0 Å². The number of aryl methyl sites for hydroxylation is 1. The van der Waals surface area contributed by atoms with E-state index in [0.29, 0.717) is 18.7 Å². The Morgan fingerprint density at radius 2 is 2.10 bits per heavy atom. The fourth-order valence-corrected chi connectivity index (χ4v) is 1.64. The van der Waals surface area contributed by atoms with Crippen molar-refractivity contribution in [2.75, 3.05) is 13.1 Å². The first kappa shape index (κ1) is 16.3. The molecule has 1 aromatic rings. The van der Waals surface area contributed by atoms with Gasteiger partial charge in [0.2, 0.25) is 0 Å². The van der Waals surface area contributed by atoms with Crippen molar-refractivity contribution in [3.63, 3.8) is 0 Å². The Morgan fingerprint density at radius 3 is 2.65 bits per heavy atom. The topological polar surface area (TPSA) is 55.1 Å². The maximum absolute atomic E-state index is 12.1. The quantitative estimate of drug-likeness (QED) is 0.827. The van der Waals surface area contributed by atoms with Crippen LogP contribution in [0.3, 0.4) is 0 Å². The molecule has 0 saturated carbocycles. The van der Waals surface area contributed by atoms with E-state index in [9.17, 15) is 4.79 Å². The number of rotatable bonds is 4. The van der Waals surface area contributed by atoms with Crippen molar-refractivity contribution in [1.29, 1.82) is 0 Å². The molecule has 0 bridgehead atoms. The minimum absolute atomic E-state index is 0.0343. The molecule has 0 radical (unpaired) electrons. The SMILES string of the molecule is CCC(C)(C)CNC(=O)c1ccc(C#CCN)c(C)c1. The molecule has 0 atom stereocenters. The molecule has 3 heteroatoms. The van der Waals surface area contributed by atoms with Gasteiger partial charge in [-0.15, -0.1) is 0 Å². The summed E-state index contributed by atoms with van der Waals surface area (Å²) < 4.78 is 0. The van der Waals surface area contributed by atoms with E-state index < -0.39 is 0 Å². The van der Waals surface area contributed by atoms with Crippen LogP contribution < -0.4 is 11.1 Å². The molecule has 3 nitrogen and oxygen atoms in total. The number of hydrogen-bond acceptors (Lipinski definition) is 2. The van der Waals surface area contributed by atoms with E-state index >= 15 is 0 Å². The number of carbonyl (C=O) groups excluding carboxylic acids is 1. The molecule has 0 fully saturated rings. The maximum Gasteiger partial charge on any atom is 0.251 e. The third kappa shape index (κ3) is 4.71. The van der Waals surface area contributed by atoms with Gasteiger partial charge in [0.25, 0.3) is 5.91 Å². The number of benzene rings is 1. The average Bonchev–Trinajstić information content (AvgIpc) is 2.43. The van der Waals surface area contributed by atoms with Gasteiger partial charge in [-0.25, -0.2) is 0 Å². The molecule has 0 spiro atoms. The van der Waals surface area contributed by atoms with Gasteiger partial charge in [-0.3, -0.25) is 4.79 Å². The van der Waals surface area contributed by atoms with Crippen LogP contribution in [0.5, 0.6) is 0 Å². The molecule has 0 aliphatic rings. The Balaban J connectivity index is 2.78. The Bertz CT molecular complexity index is 536. The summed E-state index contributed by atoms with van der Waals surface area (Å²) in [7, 11) is 0. The summed E-state index contributed by atoms with van der Waals surface area (Å²) in [6, 6.07) is 5.55. The molecule has 1 rings (SSSR count). The highest BCUT2D eigenvalue weighted by atomic mass is 16.1. The van der Waals surface area contributed by atoms with E-state index in [4.69, 9.17) is 5.73 Å². The fourth-order valence-electron chi connectivity index (χ4n) is 1.64. The first-order chi connectivity index (χ1) is 9.39. The predicted octanol–water partition coefficient (Wildman–Crippen LogP) is 2.47. The third-order valence-corrected chi connectivity index (χ3v) is 3.50. The molecule has 1 aromatic carbocycles. The minimum Gasteiger partial charge on any atom is -0.352 e. The van der Waals surface area contributed by atoms with Gasteiger partial charge in [0.05, 0.1) is 6.54 Å². The first-order valence-electron chi connectivity index (χ1n) is 6.97. The van der Waals surface area contributed by atoms with Crippen molar-refractivity contribution in [2.45, 2.75) is 34.1 Å². The van der Waals surface area contributed by atoms with Crippen molar-refractivity contribution in [3.8, 4) is 11.8 Å². The summed E-state index contributed by atoms with van der Waals surface area (Å²) in [5.74, 6) is 5.79. The van der Waals surface area contributed by atoms with Gasteiger partial charge >= 0.3 is 0 Å². The lowest BCUT2D eigenvalue weighted by Gasteiger charge is -2.22. The zero-order valence-corrected chi connectivity index (χ0v) is 12.8. The molecule has 20 heavy (non-hydrogen) atoms. The van der Waals surface area contributed by atoms with Crippen molar-refractivity contribution in [2.24, 2.45) is 11.1 Å². The Hall–Kier alpha value is -1.79. The predicted molar refractivity (Wildman–Crippen MR) is 83.5 cm³/mol. The van der Waals surface area contributed by atoms with Crippen LogP contribution in [0.15, 0.2) is 18.2 Å². The van der Waals surface area contributed by atoms with Crippen LogP contribution in [0.4, 0.5) is 0 Å². The van der Waals surface area contributed by atoms with Crippen LogP contribution in [0.25, 0.3) is 0 Å². The van der Waals surface area contributed by atoms with Gasteiger partial charge in [0.1, 0.15) is 0 Å². The van der Waals surface area contributed by atoms with Crippen molar-refractivity contribution >= 4 is 5.91 Å². The molecule has 0 aliphatic carbocycles.